The van der Waals surface area contributed by atoms with E-state index >= 15 is 0 Å². The fourth-order valence-electron chi connectivity index (χ4n) is 1.67. The first-order chi connectivity index (χ1) is 8.41. The summed E-state index contributed by atoms with van der Waals surface area (Å²) in [7, 11) is 0. The van der Waals surface area contributed by atoms with Gasteiger partial charge in [0.05, 0.1) is 0 Å². The molecule has 0 aliphatic rings. The Labute approximate surface area is 107 Å². The third-order valence-electron chi connectivity index (χ3n) is 2.69. The lowest BCUT2D eigenvalue weighted by molar-refractivity contribution is 0.282. The van der Waals surface area contributed by atoms with Gasteiger partial charge in [-0.15, -0.1) is 0 Å². The Morgan fingerprint density at radius 1 is 0.706 bits per heavy atom. The maximum atomic E-state index is 8.63. The molecule has 98 valence electrons. The number of allylic oxidation sites excluding steroid dienone is 6. The van der Waals surface area contributed by atoms with Gasteiger partial charge < -0.3 is 5.11 Å². The molecular weight excluding hydrogens is 208 g/mol. The first kappa shape index (κ1) is 16.2. The van der Waals surface area contributed by atoms with E-state index in [2.05, 4.69) is 24.3 Å². The highest BCUT2D eigenvalue weighted by Gasteiger charge is 1.90. The third kappa shape index (κ3) is 15.2. The summed E-state index contributed by atoms with van der Waals surface area (Å²) in [5.74, 6) is 0. The highest BCUT2D eigenvalue weighted by atomic mass is 16.2. The molecule has 0 bridgehead atoms. The monoisotopic (exact) mass is 236 g/mol. The van der Waals surface area contributed by atoms with Crippen LogP contribution in [0.15, 0.2) is 36.5 Å². The topological polar surface area (TPSA) is 20.2 Å². The summed E-state index contributed by atoms with van der Waals surface area (Å²) in [5, 5.41) is 8.63. The van der Waals surface area contributed by atoms with Crippen molar-refractivity contribution in [3.63, 3.8) is 0 Å². The predicted octanol–water partition coefficient (Wildman–Crippen LogP) is 4.79. The van der Waals surface area contributed by atoms with Gasteiger partial charge in [0.25, 0.3) is 0 Å². The molecule has 0 fully saturated rings. The molecule has 0 atom stereocenters. The first-order valence-corrected chi connectivity index (χ1v) is 6.97. The first-order valence-electron chi connectivity index (χ1n) is 6.97. The maximum Gasteiger partial charge on any atom is 0.0431 e. The molecule has 0 aliphatic heterocycles. The molecule has 0 aromatic rings. The van der Waals surface area contributed by atoms with Crippen LogP contribution < -0.4 is 0 Å². The predicted molar refractivity (Wildman–Crippen MR) is 77.1 cm³/mol. The van der Waals surface area contributed by atoms with Gasteiger partial charge in [-0.3, -0.25) is 0 Å². The molecule has 0 aromatic carbocycles. The lowest BCUT2D eigenvalue weighted by Gasteiger charge is -1.99. The minimum atomic E-state index is 0.353. The summed E-state index contributed by atoms with van der Waals surface area (Å²) in [6.07, 6.45) is 22.5. The lowest BCUT2D eigenvalue weighted by Crippen LogP contribution is -1.83. The molecule has 1 heteroatoms. The molecule has 0 unspecified atom stereocenters. The van der Waals surface area contributed by atoms with Gasteiger partial charge in [-0.2, -0.15) is 0 Å². The van der Waals surface area contributed by atoms with Crippen LogP contribution in [-0.4, -0.2) is 11.7 Å². The largest absolute Gasteiger partial charge is 0.396 e. The van der Waals surface area contributed by atoms with Crippen molar-refractivity contribution in [3.8, 4) is 0 Å². The van der Waals surface area contributed by atoms with Crippen molar-refractivity contribution in [1.29, 1.82) is 0 Å². The fourth-order valence-corrected chi connectivity index (χ4v) is 1.67. The Morgan fingerprint density at radius 2 is 1.29 bits per heavy atom. The highest BCUT2D eigenvalue weighted by Crippen LogP contribution is 2.08. The van der Waals surface area contributed by atoms with Gasteiger partial charge in [0.1, 0.15) is 0 Å². The average Bonchev–Trinajstić information content (AvgIpc) is 2.35. The van der Waals surface area contributed by atoms with Gasteiger partial charge in [-0.05, 0) is 26.2 Å². The van der Waals surface area contributed by atoms with Crippen molar-refractivity contribution in [3.05, 3.63) is 36.5 Å². The molecule has 0 saturated heterocycles. The normalized spacial score (nSPS) is 12.4. The molecule has 0 aliphatic carbocycles. The van der Waals surface area contributed by atoms with Gasteiger partial charge in [-0.25, -0.2) is 0 Å². The van der Waals surface area contributed by atoms with E-state index in [0.717, 1.165) is 6.42 Å². The van der Waals surface area contributed by atoms with E-state index in [1.165, 1.54) is 44.9 Å². The van der Waals surface area contributed by atoms with Crippen molar-refractivity contribution in [2.24, 2.45) is 0 Å². The molecule has 0 amide bonds. The molecule has 0 rings (SSSR count). The summed E-state index contributed by atoms with van der Waals surface area (Å²) in [6, 6.07) is 0. The van der Waals surface area contributed by atoms with Crippen molar-refractivity contribution in [2.45, 2.75) is 58.3 Å². The van der Waals surface area contributed by atoms with E-state index in [-0.39, 0.29) is 0 Å². The Morgan fingerprint density at radius 3 is 1.94 bits per heavy atom. The Bertz CT molecular complexity index is 214. The van der Waals surface area contributed by atoms with Crippen LogP contribution in [-0.2, 0) is 0 Å². The van der Waals surface area contributed by atoms with Crippen LogP contribution in [0.5, 0.6) is 0 Å². The van der Waals surface area contributed by atoms with Crippen LogP contribution in [0.4, 0.5) is 0 Å². The number of hydrogen-bond donors (Lipinski definition) is 1. The van der Waals surface area contributed by atoms with Crippen LogP contribution in [0.2, 0.25) is 0 Å². The van der Waals surface area contributed by atoms with Crippen molar-refractivity contribution >= 4 is 0 Å². The molecule has 0 radical (unpaired) electrons. The van der Waals surface area contributed by atoms with Crippen LogP contribution in [0.1, 0.15) is 58.3 Å². The minimum Gasteiger partial charge on any atom is -0.396 e. The zero-order valence-corrected chi connectivity index (χ0v) is 11.3. The van der Waals surface area contributed by atoms with E-state index in [1.54, 1.807) is 0 Å². The van der Waals surface area contributed by atoms with E-state index < -0.39 is 0 Å². The highest BCUT2D eigenvalue weighted by molar-refractivity contribution is 5.10. The van der Waals surface area contributed by atoms with Gasteiger partial charge in [-0.1, -0.05) is 68.6 Å². The second-order valence-electron chi connectivity index (χ2n) is 4.33. The molecule has 1 N–H and O–H groups in total. The Hall–Kier alpha value is -0.820. The summed E-state index contributed by atoms with van der Waals surface area (Å²) in [5.41, 5.74) is 0. The molecular formula is C16H28O. The smallest absolute Gasteiger partial charge is 0.0431 e. The second-order valence-corrected chi connectivity index (χ2v) is 4.33. The SMILES string of the molecule is CC=C/C=C/C=C/CCCCCCCCCO. The van der Waals surface area contributed by atoms with Crippen LogP contribution in [0.3, 0.4) is 0 Å². The lowest BCUT2D eigenvalue weighted by atomic mass is 10.1. The summed E-state index contributed by atoms with van der Waals surface area (Å²) < 4.78 is 0. The summed E-state index contributed by atoms with van der Waals surface area (Å²) in [4.78, 5) is 0. The van der Waals surface area contributed by atoms with Crippen molar-refractivity contribution < 1.29 is 5.11 Å². The van der Waals surface area contributed by atoms with Crippen molar-refractivity contribution in [2.75, 3.05) is 6.61 Å². The van der Waals surface area contributed by atoms with Gasteiger partial charge in [0.2, 0.25) is 0 Å². The molecule has 0 heterocycles. The zero-order valence-electron chi connectivity index (χ0n) is 11.3. The number of rotatable bonds is 11. The molecule has 1 nitrogen and oxygen atoms in total. The number of aliphatic hydroxyl groups is 1. The summed E-state index contributed by atoms with van der Waals surface area (Å²) >= 11 is 0. The van der Waals surface area contributed by atoms with Gasteiger partial charge in [0.15, 0.2) is 0 Å². The average molecular weight is 236 g/mol. The van der Waals surface area contributed by atoms with Crippen LogP contribution >= 0.6 is 0 Å². The minimum absolute atomic E-state index is 0.353. The quantitative estimate of drug-likeness (QED) is 0.404. The zero-order chi connectivity index (χ0) is 12.6. The van der Waals surface area contributed by atoms with Gasteiger partial charge >= 0.3 is 0 Å². The Kier molecular flexibility index (Phi) is 14.4. The maximum absolute atomic E-state index is 8.63. The molecule has 0 saturated carbocycles. The standard InChI is InChI=1S/C16H28O/c1-2-3-4-5-6-7-8-9-10-11-12-13-14-15-16-17/h2-7,17H,8-16H2,1H3/b3-2?,5-4+,7-6+. The number of unbranched alkanes of at least 4 members (excludes halogenated alkanes) is 7. The third-order valence-corrected chi connectivity index (χ3v) is 2.69. The fraction of sp³-hybridized carbons (Fsp3) is 0.625. The summed E-state index contributed by atoms with van der Waals surface area (Å²) in [6.45, 7) is 2.38. The Balaban J connectivity index is 3.12. The van der Waals surface area contributed by atoms with Crippen molar-refractivity contribution in [1.82, 2.24) is 0 Å². The van der Waals surface area contributed by atoms with E-state index in [4.69, 9.17) is 5.11 Å². The molecule has 0 aromatic heterocycles. The van der Waals surface area contributed by atoms with E-state index in [9.17, 15) is 0 Å². The van der Waals surface area contributed by atoms with Crippen LogP contribution in [0, 0.1) is 0 Å². The number of hydrogen-bond acceptors (Lipinski definition) is 1. The second kappa shape index (κ2) is 15.2. The van der Waals surface area contributed by atoms with E-state index in [0.29, 0.717) is 6.61 Å². The molecule has 17 heavy (non-hydrogen) atoms. The van der Waals surface area contributed by atoms with Crippen LogP contribution in [0.25, 0.3) is 0 Å². The van der Waals surface area contributed by atoms with E-state index in [1.807, 2.05) is 19.1 Å². The van der Waals surface area contributed by atoms with Gasteiger partial charge in [0, 0.05) is 6.61 Å². The molecule has 0 spiro atoms. The number of aliphatic hydroxyl groups excluding tert-OH is 1.